The van der Waals surface area contributed by atoms with E-state index in [-0.39, 0.29) is 0 Å². The minimum absolute atomic E-state index is 0.777. The standard InChI is InChI=1S/C17H15N3/c1-17(12-18,20-13-7-3-2-4-8-13)15-11-19-16-10-6-5-9-14(15)16/h2-11,19-20H,1H3. The molecule has 0 saturated heterocycles. The van der Waals surface area contributed by atoms with Gasteiger partial charge in [-0.2, -0.15) is 5.26 Å². The molecule has 2 aromatic carbocycles. The largest absolute Gasteiger partial charge is 0.364 e. The average molecular weight is 261 g/mol. The Morgan fingerprint density at radius 2 is 1.75 bits per heavy atom. The van der Waals surface area contributed by atoms with Crippen molar-refractivity contribution in [2.45, 2.75) is 12.5 Å². The van der Waals surface area contributed by atoms with E-state index in [0.29, 0.717) is 0 Å². The lowest BCUT2D eigenvalue weighted by atomic mass is 9.93. The van der Waals surface area contributed by atoms with E-state index < -0.39 is 5.54 Å². The van der Waals surface area contributed by atoms with E-state index in [1.165, 1.54) is 0 Å². The predicted octanol–water partition coefficient (Wildman–Crippen LogP) is 4.02. The van der Waals surface area contributed by atoms with Crippen LogP contribution in [-0.2, 0) is 5.54 Å². The molecule has 0 aliphatic heterocycles. The van der Waals surface area contributed by atoms with Crippen LogP contribution in [0.15, 0.2) is 60.8 Å². The van der Waals surface area contributed by atoms with Crippen LogP contribution in [0, 0.1) is 11.3 Å². The van der Waals surface area contributed by atoms with E-state index in [0.717, 1.165) is 22.2 Å². The number of H-pyrrole nitrogens is 1. The number of rotatable bonds is 3. The maximum absolute atomic E-state index is 9.65. The van der Waals surface area contributed by atoms with Crippen LogP contribution in [0.5, 0.6) is 0 Å². The number of nitrogens with zero attached hydrogens (tertiary/aromatic N) is 1. The van der Waals surface area contributed by atoms with E-state index in [4.69, 9.17) is 0 Å². The highest BCUT2D eigenvalue weighted by molar-refractivity contribution is 5.85. The van der Waals surface area contributed by atoms with Crippen LogP contribution in [-0.4, -0.2) is 4.98 Å². The highest BCUT2D eigenvalue weighted by Crippen LogP contribution is 2.31. The molecular formula is C17H15N3. The van der Waals surface area contributed by atoms with Crippen LogP contribution in [0.1, 0.15) is 12.5 Å². The number of hydrogen-bond acceptors (Lipinski definition) is 2. The van der Waals surface area contributed by atoms with E-state index in [2.05, 4.69) is 16.4 Å². The maximum atomic E-state index is 9.65. The summed E-state index contributed by atoms with van der Waals surface area (Å²) in [6, 6.07) is 20.2. The van der Waals surface area contributed by atoms with Gasteiger partial charge in [0.25, 0.3) is 0 Å². The number of anilines is 1. The van der Waals surface area contributed by atoms with Gasteiger partial charge in [0.1, 0.15) is 5.54 Å². The lowest BCUT2D eigenvalue weighted by Crippen LogP contribution is -2.29. The highest BCUT2D eigenvalue weighted by atomic mass is 15.0. The summed E-state index contributed by atoms with van der Waals surface area (Å²) in [7, 11) is 0. The van der Waals surface area contributed by atoms with Gasteiger partial charge in [0.05, 0.1) is 6.07 Å². The molecule has 3 rings (SSSR count). The maximum Gasteiger partial charge on any atom is 0.150 e. The fourth-order valence-electron chi connectivity index (χ4n) is 2.45. The predicted molar refractivity (Wildman–Crippen MR) is 81.3 cm³/mol. The number of aromatic amines is 1. The Labute approximate surface area is 117 Å². The molecule has 1 heterocycles. The third-order valence-corrected chi connectivity index (χ3v) is 3.52. The summed E-state index contributed by atoms with van der Waals surface area (Å²) in [6.07, 6.45) is 1.91. The molecule has 20 heavy (non-hydrogen) atoms. The van der Waals surface area contributed by atoms with E-state index in [1.807, 2.05) is 67.7 Å². The molecule has 3 nitrogen and oxygen atoms in total. The van der Waals surface area contributed by atoms with Crippen LogP contribution in [0.25, 0.3) is 10.9 Å². The Kier molecular flexibility index (Phi) is 2.92. The third kappa shape index (κ3) is 2.02. The van der Waals surface area contributed by atoms with Crippen molar-refractivity contribution in [3.63, 3.8) is 0 Å². The van der Waals surface area contributed by atoms with E-state index in [9.17, 15) is 5.26 Å². The topological polar surface area (TPSA) is 51.6 Å². The summed E-state index contributed by atoms with van der Waals surface area (Å²) in [6.45, 7) is 1.90. The van der Waals surface area contributed by atoms with Gasteiger partial charge in [0, 0.05) is 28.4 Å². The molecule has 2 N–H and O–H groups in total. The van der Waals surface area contributed by atoms with E-state index in [1.54, 1.807) is 0 Å². The first-order valence-electron chi connectivity index (χ1n) is 6.54. The van der Waals surface area contributed by atoms with Gasteiger partial charge in [-0.15, -0.1) is 0 Å². The Balaban J connectivity index is 2.07. The Hall–Kier alpha value is -2.73. The van der Waals surface area contributed by atoms with Crippen molar-refractivity contribution in [1.82, 2.24) is 4.98 Å². The van der Waals surface area contributed by atoms with Gasteiger partial charge in [-0.3, -0.25) is 0 Å². The van der Waals surface area contributed by atoms with Gasteiger partial charge in [-0.05, 0) is 25.1 Å². The number of nitriles is 1. The zero-order valence-electron chi connectivity index (χ0n) is 11.2. The summed E-state index contributed by atoms with van der Waals surface area (Å²) in [4.78, 5) is 3.22. The van der Waals surface area contributed by atoms with Crippen LogP contribution in [0.2, 0.25) is 0 Å². The minimum Gasteiger partial charge on any atom is -0.364 e. The molecular weight excluding hydrogens is 246 g/mol. The monoisotopic (exact) mass is 261 g/mol. The zero-order chi connectivity index (χ0) is 14.0. The van der Waals surface area contributed by atoms with Gasteiger partial charge in [0.15, 0.2) is 0 Å². The summed E-state index contributed by atoms with van der Waals surface area (Å²) >= 11 is 0. The normalized spacial score (nSPS) is 13.6. The van der Waals surface area contributed by atoms with Crippen molar-refractivity contribution in [1.29, 1.82) is 5.26 Å². The van der Waals surface area contributed by atoms with Crippen molar-refractivity contribution in [2.24, 2.45) is 0 Å². The van der Waals surface area contributed by atoms with Crippen molar-refractivity contribution >= 4 is 16.6 Å². The number of nitrogens with one attached hydrogen (secondary N) is 2. The molecule has 0 aliphatic carbocycles. The van der Waals surface area contributed by atoms with Gasteiger partial charge >= 0.3 is 0 Å². The number of hydrogen-bond donors (Lipinski definition) is 2. The zero-order valence-corrected chi connectivity index (χ0v) is 11.2. The number of para-hydroxylation sites is 2. The van der Waals surface area contributed by atoms with Crippen molar-refractivity contribution in [3.05, 3.63) is 66.4 Å². The fourth-order valence-corrected chi connectivity index (χ4v) is 2.45. The summed E-state index contributed by atoms with van der Waals surface area (Å²) in [5.74, 6) is 0. The molecule has 98 valence electrons. The lowest BCUT2D eigenvalue weighted by molar-refractivity contribution is 0.713. The first-order chi connectivity index (χ1) is 9.73. The molecule has 0 spiro atoms. The van der Waals surface area contributed by atoms with Crippen LogP contribution in [0.4, 0.5) is 5.69 Å². The first kappa shape index (κ1) is 12.3. The second-order valence-electron chi connectivity index (χ2n) is 4.98. The third-order valence-electron chi connectivity index (χ3n) is 3.52. The molecule has 1 unspecified atom stereocenters. The Morgan fingerprint density at radius 1 is 1.05 bits per heavy atom. The molecule has 0 saturated carbocycles. The SMILES string of the molecule is CC(C#N)(Nc1ccccc1)c1c[nH]c2ccccc12. The summed E-state index contributed by atoms with van der Waals surface area (Å²) in [5, 5.41) is 14.0. The second kappa shape index (κ2) is 4.75. The van der Waals surface area contributed by atoms with Crippen LogP contribution in [0.3, 0.4) is 0 Å². The number of benzene rings is 2. The Morgan fingerprint density at radius 3 is 2.50 bits per heavy atom. The number of fused-ring (bicyclic) bond motifs is 1. The summed E-state index contributed by atoms with van der Waals surface area (Å²) < 4.78 is 0. The molecule has 0 aliphatic rings. The quantitative estimate of drug-likeness (QED) is 0.748. The Bertz CT molecular complexity index is 768. The molecule has 1 aromatic heterocycles. The highest BCUT2D eigenvalue weighted by Gasteiger charge is 2.29. The van der Waals surface area contributed by atoms with Crippen LogP contribution >= 0.6 is 0 Å². The van der Waals surface area contributed by atoms with Crippen LogP contribution < -0.4 is 5.32 Å². The minimum atomic E-state index is -0.777. The molecule has 0 fully saturated rings. The molecule has 0 amide bonds. The van der Waals surface area contributed by atoms with Crippen molar-refractivity contribution in [3.8, 4) is 6.07 Å². The lowest BCUT2D eigenvalue weighted by Gasteiger charge is -2.24. The molecule has 3 aromatic rings. The number of aromatic nitrogens is 1. The average Bonchev–Trinajstić information content (AvgIpc) is 2.93. The molecule has 3 heteroatoms. The first-order valence-corrected chi connectivity index (χ1v) is 6.54. The molecule has 0 bridgehead atoms. The van der Waals surface area contributed by atoms with Gasteiger partial charge in [-0.1, -0.05) is 36.4 Å². The van der Waals surface area contributed by atoms with Gasteiger partial charge in [-0.25, -0.2) is 0 Å². The van der Waals surface area contributed by atoms with Crippen molar-refractivity contribution < 1.29 is 0 Å². The molecule has 1 atom stereocenters. The van der Waals surface area contributed by atoms with Gasteiger partial charge < -0.3 is 10.3 Å². The second-order valence-corrected chi connectivity index (χ2v) is 4.98. The van der Waals surface area contributed by atoms with Gasteiger partial charge in [0.2, 0.25) is 0 Å². The summed E-state index contributed by atoms with van der Waals surface area (Å²) in [5.41, 5.74) is 2.15. The fraction of sp³-hybridized carbons (Fsp3) is 0.118. The van der Waals surface area contributed by atoms with E-state index >= 15 is 0 Å². The van der Waals surface area contributed by atoms with Crippen molar-refractivity contribution in [2.75, 3.05) is 5.32 Å². The smallest absolute Gasteiger partial charge is 0.150 e. The molecule has 0 radical (unpaired) electrons.